The molecule has 1 heterocycles. The first-order valence-electron chi connectivity index (χ1n) is 8.36. The van der Waals surface area contributed by atoms with Crippen molar-refractivity contribution in [1.82, 2.24) is 10.3 Å². The minimum atomic E-state index is 0. The van der Waals surface area contributed by atoms with Crippen molar-refractivity contribution in [2.75, 3.05) is 25.6 Å². The Morgan fingerprint density at radius 2 is 2.00 bits per heavy atom. The van der Waals surface area contributed by atoms with Gasteiger partial charge in [0.1, 0.15) is 12.3 Å². The molecule has 0 aliphatic rings. The molecule has 0 amide bonds. The van der Waals surface area contributed by atoms with Crippen molar-refractivity contribution < 1.29 is 13.9 Å². The fourth-order valence-electron chi connectivity index (χ4n) is 2.22. The van der Waals surface area contributed by atoms with E-state index in [0.717, 1.165) is 23.7 Å². The normalized spacial score (nSPS) is 10.9. The second-order valence-electron chi connectivity index (χ2n) is 5.37. The second kappa shape index (κ2) is 10.9. The first-order chi connectivity index (χ1) is 12.1. The molecular weight excluding hydrogens is 447 g/mol. The summed E-state index contributed by atoms with van der Waals surface area (Å²) in [5, 5.41) is 6.45. The molecule has 0 fully saturated rings. The molecule has 2 rings (SSSR count). The second-order valence-corrected chi connectivity index (χ2v) is 5.37. The van der Waals surface area contributed by atoms with Crippen molar-refractivity contribution >= 4 is 35.6 Å². The number of nitrogens with zero attached hydrogens (tertiary/aromatic N) is 2. The summed E-state index contributed by atoms with van der Waals surface area (Å²) in [7, 11) is 1.62. The number of methoxy groups -OCH3 is 1. The van der Waals surface area contributed by atoms with E-state index in [1.165, 1.54) is 0 Å². The first-order valence-corrected chi connectivity index (χ1v) is 8.36. The summed E-state index contributed by atoms with van der Waals surface area (Å²) in [5.74, 6) is 3.43. The van der Waals surface area contributed by atoms with Gasteiger partial charge >= 0.3 is 0 Å². The van der Waals surface area contributed by atoms with Crippen LogP contribution in [0.1, 0.15) is 31.2 Å². The van der Waals surface area contributed by atoms with Crippen LogP contribution < -0.4 is 20.1 Å². The Balaban J connectivity index is 0.00000338. The van der Waals surface area contributed by atoms with E-state index in [4.69, 9.17) is 13.9 Å². The lowest BCUT2D eigenvalue weighted by Gasteiger charge is -2.14. The largest absolute Gasteiger partial charge is 0.493 e. The smallest absolute Gasteiger partial charge is 0.216 e. The molecule has 0 saturated heterocycles. The monoisotopic (exact) mass is 474 g/mol. The number of hydrogen-bond acceptors (Lipinski definition) is 5. The van der Waals surface area contributed by atoms with Crippen LogP contribution in [0.15, 0.2) is 27.6 Å². The zero-order chi connectivity index (χ0) is 18.2. The fourth-order valence-corrected chi connectivity index (χ4v) is 2.22. The Morgan fingerprint density at radius 3 is 2.58 bits per heavy atom. The number of nitrogens with one attached hydrogen (secondary N) is 2. The average Bonchev–Trinajstić information content (AvgIpc) is 2.92. The van der Waals surface area contributed by atoms with E-state index in [-0.39, 0.29) is 24.0 Å². The third-order valence-corrected chi connectivity index (χ3v) is 3.52. The van der Waals surface area contributed by atoms with Crippen molar-refractivity contribution in [3.8, 4) is 11.5 Å². The first kappa shape index (κ1) is 22.1. The number of ether oxygens (including phenoxy) is 2. The van der Waals surface area contributed by atoms with Gasteiger partial charge in [-0.1, -0.05) is 0 Å². The topological polar surface area (TPSA) is 80.9 Å². The number of benzene rings is 1. The van der Waals surface area contributed by atoms with Crippen molar-refractivity contribution in [3.05, 3.63) is 35.5 Å². The van der Waals surface area contributed by atoms with Gasteiger partial charge in [-0.05, 0) is 39.8 Å². The molecule has 7 nitrogen and oxygen atoms in total. The molecule has 2 N–H and O–H groups in total. The molecule has 2 aromatic rings. The van der Waals surface area contributed by atoms with Crippen LogP contribution in [0.3, 0.4) is 0 Å². The highest BCUT2D eigenvalue weighted by Gasteiger charge is 2.08. The van der Waals surface area contributed by atoms with Gasteiger partial charge in [-0.3, -0.25) is 0 Å². The number of oxazole rings is 1. The molecule has 0 aliphatic heterocycles. The summed E-state index contributed by atoms with van der Waals surface area (Å²) in [6.45, 7) is 9.44. The van der Waals surface area contributed by atoms with Gasteiger partial charge in [0, 0.05) is 18.3 Å². The average molecular weight is 474 g/mol. The van der Waals surface area contributed by atoms with Crippen LogP contribution in [0.2, 0.25) is 0 Å². The van der Waals surface area contributed by atoms with Gasteiger partial charge < -0.3 is 24.5 Å². The van der Waals surface area contributed by atoms with Crippen molar-refractivity contribution in [2.45, 2.75) is 34.2 Å². The fraction of sp³-hybridized carbons (Fsp3) is 0.444. The van der Waals surface area contributed by atoms with Gasteiger partial charge in [0.2, 0.25) is 5.89 Å². The van der Waals surface area contributed by atoms with Gasteiger partial charge in [-0.15, -0.1) is 24.0 Å². The van der Waals surface area contributed by atoms with Crippen molar-refractivity contribution in [3.63, 3.8) is 0 Å². The molecule has 0 radical (unpaired) electrons. The molecular formula is C18H27IN4O3. The zero-order valence-electron chi connectivity index (χ0n) is 15.9. The quantitative estimate of drug-likeness (QED) is 0.360. The SMILES string of the molecule is CCNC(=NCc1nc(C)c(C)o1)Nc1ccc(OCC)c(OC)c1.I. The maximum atomic E-state index is 5.56. The van der Waals surface area contributed by atoms with Gasteiger partial charge in [0.05, 0.1) is 19.4 Å². The molecule has 0 atom stereocenters. The van der Waals surface area contributed by atoms with Crippen molar-refractivity contribution in [2.24, 2.45) is 4.99 Å². The highest BCUT2D eigenvalue weighted by atomic mass is 127. The Bertz CT molecular complexity index is 712. The van der Waals surface area contributed by atoms with E-state index in [1.807, 2.05) is 45.9 Å². The van der Waals surface area contributed by atoms with Crippen LogP contribution in [0.5, 0.6) is 11.5 Å². The van der Waals surface area contributed by atoms with Crippen LogP contribution in [-0.4, -0.2) is 31.2 Å². The minimum absolute atomic E-state index is 0. The lowest BCUT2D eigenvalue weighted by Crippen LogP contribution is -2.30. The van der Waals surface area contributed by atoms with Gasteiger partial charge in [0.25, 0.3) is 0 Å². The summed E-state index contributed by atoms with van der Waals surface area (Å²) >= 11 is 0. The Labute approximate surface area is 171 Å². The number of aryl methyl sites for hydroxylation is 2. The zero-order valence-corrected chi connectivity index (χ0v) is 18.2. The summed E-state index contributed by atoms with van der Waals surface area (Å²) < 4.78 is 16.5. The van der Waals surface area contributed by atoms with E-state index in [2.05, 4.69) is 20.6 Å². The molecule has 1 aromatic carbocycles. The number of anilines is 1. The van der Waals surface area contributed by atoms with Crippen LogP contribution in [0.25, 0.3) is 0 Å². The predicted molar refractivity (Wildman–Crippen MR) is 114 cm³/mol. The maximum Gasteiger partial charge on any atom is 0.216 e. The van der Waals surface area contributed by atoms with Crippen LogP contribution in [0.4, 0.5) is 5.69 Å². The number of rotatable bonds is 7. The summed E-state index contributed by atoms with van der Waals surface area (Å²) in [6, 6.07) is 5.66. The third-order valence-electron chi connectivity index (χ3n) is 3.52. The molecule has 0 bridgehead atoms. The maximum absolute atomic E-state index is 5.56. The molecule has 0 spiro atoms. The molecule has 8 heteroatoms. The lowest BCUT2D eigenvalue weighted by atomic mass is 10.2. The van der Waals surface area contributed by atoms with E-state index < -0.39 is 0 Å². The predicted octanol–water partition coefficient (Wildman–Crippen LogP) is 3.89. The van der Waals surface area contributed by atoms with Crippen LogP contribution in [-0.2, 0) is 6.54 Å². The van der Waals surface area contributed by atoms with Crippen molar-refractivity contribution in [1.29, 1.82) is 0 Å². The van der Waals surface area contributed by atoms with E-state index >= 15 is 0 Å². The highest BCUT2D eigenvalue weighted by molar-refractivity contribution is 14.0. The molecule has 0 saturated carbocycles. The summed E-state index contributed by atoms with van der Waals surface area (Å²) in [5.41, 5.74) is 1.74. The molecule has 144 valence electrons. The minimum Gasteiger partial charge on any atom is -0.493 e. The third kappa shape index (κ3) is 6.08. The number of guanidine groups is 1. The number of hydrogen-bond donors (Lipinski definition) is 2. The van der Waals surface area contributed by atoms with E-state index in [9.17, 15) is 0 Å². The Morgan fingerprint density at radius 1 is 1.23 bits per heavy atom. The van der Waals surface area contributed by atoms with E-state index in [0.29, 0.717) is 36.5 Å². The van der Waals surface area contributed by atoms with Crippen LogP contribution >= 0.6 is 24.0 Å². The van der Waals surface area contributed by atoms with E-state index in [1.54, 1.807) is 7.11 Å². The lowest BCUT2D eigenvalue weighted by molar-refractivity contribution is 0.311. The summed E-state index contributed by atoms with van der Waals surface area (Å²) in [4.78, 5) is 8.86. The highest BCUT2D eigenvalue weighted by Crippen LogP contribution is 2.30. The molecule has 0 unspecified atom stereocenters. The van der Waals surface area contributed by atoms with Gasteiger partial charge in [-0.2, -0.15) is 0 Å². The number of halogens is 1. The number of aromatic nitrogens is 1. The molecule has 26 heavy (non-hydrogen) atoms. The molecule has 1 aromatic heterocycles. The standard InChI is InChI=1S/C18H26N4O3.HI/c1-6-19-18(20-11-17-21-12(3)13(4)25-17)22-14-8-9-15(24-7-2)16(10-14)23-5;/h8-10H,6-7,11H2,1-5H3,(H2,19,20,22);1H. The Hall–Kier alpha value is -1.97. The van der Waals surface area contributed by atoms with Gasteiger partial charge in [-0.25, -0.2) is 9.98 Å². The Kier molecular flexibility index (Phi) is 9.25. The summed E-state index contributed by atoms with van der Waals surface area (Å²) in [6.07, 6.45) is 0. The number of aliphatic imine (C=N–C) groups is 1. The molecule has 0 aliphatic carbocycles. The van der Waals surface area contributed by atoms with Gasteiger partial charge in [0.15, 0.2) is 17.5 Å². The van der Waals surface area contributed by atoms with Crippen LogP contribution in [0, 0.1) is 13.8 Å².